The molecule has 8 heteroatoms. The lowest BCUT2D eigenvalue weighted by Crippen LogP contribution is -2.34. The quantitative estimate of drug-likeness (QED) is 0.506. The molecule has 0 aromatic heterocycles. The summed E-state index contributed by atoms with van der Waals surface area (Å²) in [7, 11) is 1.56. The third-order valence-electron chi connectivity index (χ3n) is 4.24. The van der Waals surface area contributed by atoms with Gasteiger partial charge in [0.15, 0.2) is 11.5 Å². The van der Waals surface area contributed by atoms with E-state index < -0.39 is 0 Å². The van der Waals surface area contributed by atoms with Crippen LogP contribution in [0, 0.1) is 0 Å². The van der Waals surface area contributed by atoms with Crippen LogP contribution in [0.4, 0.5) is 0 Å². The highest BCUT2D eigenvalue weighted by atomic mass is 32.2. The van der Waals surface area contributed by atoms with Gasteiger partial charge in [-0.05, 0) is 24.1 Å². The van der Waals surface area contributed by atoms with Gasteiger partial charge < -0.3 is 23.8 Å². The first-order chi connectivity index (χ1) is 12.6. The zero-order valence-corrected chi connectivity index (χ0v) is 15.8. The fourth-order valence-electron chi connectivity index (χ4n) is 2.92. The van der Waals surface area contributed by atoms with Gasteiger partial charge in [-0.25, -0.2) is 0 Å². The predicted molar refractivity (Wildman–Crippen MR) is 96.5 cm³/mol. The Morgan fingerprint density at radius 1 is 1.35 bits per heavy atom. The number of esters is 1. The third kappa shape index (κ3) is 4.00. The van der Waals surface area contributed by atoms with E-state index in [0.29, 0.717) is 29.6 Å². The van der Waals surface area contributed by atoms with Crippen LogP contribution in [0.15, 0.2) is 12.1 Å². The Morgan fingerprint density at radius 3 is 2.96 bits per heavy atom. The van der Waals surface area contributed by atoms with Gasteiger partial charge in [-0.15, -0.1) is 11.8 Å². The number of amides is 1. The molecule has 1 fully saturated rings. The molecule has 1 aromatic rings. The lowest BCUT2D eigenvalue weighted by molar-refractivity contribution is -0.148. The van der Waals surface area contributed by atoms with Crippen molar-refractivity contribution in [2.45, 2.75) is 31.6 Å². The van der Waals surface area contributed by atoms with Gasteiger partial charge in [-0.3, -0.25) is 9.59 Å². The van der Waals surface area contributed by atoms with Crippen molar-refractivity contribution in [2.75, 3.05) is 32.8 Å². The summed E-state index contributed by atoms with van der Waals surface area (Å²) in [6, 6.07) is 3.66. The van der Waals surface area contributed by atoms with Crippen LogP contribution in [0.3, 0.4) is 0 Å². The van der Waals surface area contributed by atoms with Crippen molar-refractivity contribution in [3.05, 3.63) is 17.7 Å². The van der Waals surface area contributed by atoms with Gasteiger partial charge in [-0.2, -0.15) is 0 Å². The number of hydrogen-bond acceptors (Lipinski definition) is 7. The number of carbonyl (C=O) groups is 2. The van der Waals surface area contributed by atoms with Gasteiger partial charge in [0.1, 0.15) is 11.9 Å². The van der Waals surface area contributed by atoms with Crippen molar-refractivity contribution < 1.29 is 28.5 Å². The van der Waals surface area contributed by atoms with E-state index in [1.165, 1.54) is 11.8 Å². The SMILES string of the molecule is CCCCCOC(=O)CN1C(=O)CSC1c1cc(OC)c2c(c1)OCO2. The molecule has 0 saturated carbocycles. The number of ether oxygens (including phenoxy) is 4. The molecular weight excluding hydrogens is 358 g/mol. The van der Waals surface area contributed by atoms with Crippen molar-refractivity contribution in [2.24, 2.45) is 0 Å². The third-order valence-corrected chi connectivity index (χ3v) is 5.50. The molecule has 0 spiro atoms. The Morgan fingerprint density at radius 2 is 2.19 bits per heavy atom. The summed E-state index contributed by atoms with van der Waals surface area (Å²) in [5, 5.41) is -0.283. The summed E-state index contributed by atoms with van der Waals surface area (Å²) < 4.78 is 21.5. The van der Waals surface area contributed by atoms with Crippen molar-refractivity contribution >= 4 is 23.6 Å². The highest BCUT2D eigenvalue weighted by molar-refractivity contribution is 8.00. The Labute approximate surface area is 156 Å². The zero-order valence-electron chi connectivity index (χ0n) is 15.0. The number of hydrogen-bond donors (Lipinski definition) is 0. The van der Waals surface area contributed by atoms with Gasteiger partial charge in [-0.1, -0.05) is 19.8 Å². The second-order valence-electron chi connectivity index (χ2n) is 6.07. The van der Waals surface area contributed by atoms with Gasteiger partial charge in [0.05, 0.1) is 19.5 Å². The molecular formula is C18H23NO6S. The molecule has 1 amide bonds. The minimum absolute atomic E-state index is 0.0562. The van der Waals surface area contributed by atoms with E-state index in [1.807, 2.05) is 12.1 Å². The summed E-state index contributed by atoms with van der Waals surface area (Å²) in [6.07, 6.45) is 2.92. The molecule has 2 aliphatic heterocycles. The number of unbranched alkanes of at least 4 members (excludes halogenated alkanes) is 2. The van der Waals surface area contributed by atoms with E-state index in [4.69, 9.17) is 18.9 Å². The largest absolute Gasteiger partial charge is 0.493 e. The van der Waals surface area contributed by atoms with Gasteiger partial charge in [0.2, 0.25) is 18.4 Å². The Bertz CT molecular complexity index is 680. The summed E-state index contributed by atoms with van der Waals surface area (Å²) in [6.45, 7) is 2.57. The maximum Gasteiger partial charge on any atom is 0.325 e. The molecule has 0 N–H and O–H groups in total. The fourth-order valence-corrected chi connectivity index (χ4v) is 4.08. The number of nitrogens with zero attached hydrogens (tertiary/aromatic N) is 1. The molecule has 2 aliphatic rings. The second kappa shape index (κ2) is 8.53. The maximum atomic E-state index is 12.3. The topological polar surface area (TPSA) is 74.3 Å². The smallest absolute Gasteiger partial charge is 0.325 e. The highest BCUT2D eigenvalue weighted by Gasteiger charge is 2.36. The van der Waals surface area contributed by atoms with E-state index in [0.717, 1.165) is 24.8 Å². The number of benzene rings is 1. The number of thioether (sulfide) groups is 1. The van der Waals surface area contributed by atoms with E-state index in [1.54, 1.807) is 12.0 Å². The van der Waals surface area contributed by atoms with Crippen LogP contribution in [-0.4, -0.2) is 49.6 Å². The molecule has 3 rings (SSSR count). The second-order valence-corrected chi connectivity index (χ2v) is 7.14. The molecule has 142 valence electrons. The summed E-state index contributed by atoms with van der Waals surface area (Å²) in [5.41, 5.74) is 0.834. The molecule has 0 radical (unpaired) electrons. The number of fused-ring (bicyclic) bond motifs is 1. The van der Waals surface area contributed by atoms with Crippen LogP contribution in [-0.2, 0) is 14.3 Å². The fraction of sp³-hybridized carbons (Fsp3) is 0.556. The van der Waals surface area contributed by atoms with E-state index in [9.17, 15) is 9.59 Å². The number of rotatable bonds is 8. The van der Waals surface area contributed by atoms with Crippen LogP contribution >= 0.6 is 11.8 Å². The standard InChI is InChI=1S/C18H23NO6S/c1-3-4-5-6-23-16(21)9-19-15(20)10-26-18(19)12-7-13(22-2)17-14(8-12)24-11-25-17/h7-8,18H,3-6,9-11H2,1-2H3. The van der Waals surface area contributed by atoms with Crippen LogP contribution in [0.2, 0.25) is 0 Å². The van der Waals surface area contributed by atoms with Crippen molar-refractivity contribution in [1.29, 1.82) is 0 Å². The van der Waals surface area contributed by atoms with Crippen LogP contribution in [0.1, 0.15) is 37.1 Å². The summed E-state index contributed by atoms with van der Waals surface area (Å²) >= 11 is 1.47. The molecule has 0 aliphatic carbocycles. The Kier molecular flexibility index (Phi) is 6.13. The van der Waals surface area contributed by atoms with E-state index in [2.05, 4.69) is 6.92 Å². The van der Waals surface area contributed by atoms with Crippen molar-refractivity contribution in [3.8, 4) is 17.2 Å². The molecule has 1 saturated heterocycles. The highest BCUT2D eigenvalue weighted by Crippen LogP contribution is 2.47. The molecule has 26 heavy (non-hydrogen) atoms. The van der Waals surface area contributed by atoms with Crippen molar-refractivity contribution in [3.63, 3.8) is 0 Å². The predicted octanol–water partition coefficient (Wildman–Crippen LogP) is 2.73. The molecule has 1 aromatic carbocycles. The van der Waals surface area contributed by atoms with E-state index >= 15 is 0 Å². The van der Waals surface area contributed by atoms with Crippen LogP contribution < -0.4 is 14.2 Å². The molecule has 0 bridgehead atoms. The van der Waals surface area contributed by atoms with Crippen LogP contribution in [0.5, 0.6) is 17.2 Å². The number of carbonyl (C=O) groups excluding carboxylic acids is 2. The minimum Gasteiger partial charge on any atom is -0.493 e. The lowest BCUT2D eigenvalue weighted by Gasteiger charge is -2.24. The average Bonchev–Trinajstić information content (AvgIpc) is 3.25. The van der Waals surface area contributed by atoms with Gasteiger partial charge >= 0.3 is 5.97 Å². The minimum atomic E-state index is -0.380. The monoisotopic (exact) mass is 381 g/mol. The molecule has 2 heterocycles. The van der Waals surface area contributed by atoms with Crippen LogP contribution in [0.25, 0.3) is 0 Å². The number of methoxy groups -OCH3 is 1. The molecule has 1 unspecified atom stereocenters. The summed E-state index contributed by atoms with van der Waals surface area (Å²) in [5.74, 6) is 1.56. The Hall–Kier alpha value is -2.09. The zero-order chi connectivity index (χ0) is 18.5. The average molecular weight is 381 g/mol. The first-order valence-electron chi connectivity index (χ1n) is 8.68. The molecule has 7 nitrogen and oxygen atoms in total. The molecule has 1 atom stereocenters. The first-order valence-corrected chi connectivity index (χ1v) is 9.73. The lowest BCUT2D eigenvalue weighted by atomic mass is 10.1. The summed E-state index contributed by atoms with van der Waals surface area (Å²) in [4.78, 5) is 25.9. The van der Waals surface area contributed by atoms with Crippen molar-refractivity contribution in [1.82, 2.24) is 4.90 Å². The maximum absolute atomic E-state index is 12.3. The first kappa shape index (κ1) is 18.7. The van der Waals surface area contributed by atoms with E-state index in [-0.39, 0.29) is 30.6 Å². The Balaban J connectivity index is 1.71. The normalized spacial score (nSPS) is 18.3. The van der Waals surface area contributed by atoms with Gasteiger partial charge in [0, 0.05) is 0 Å². The van der Waals surface area contributed by atoms with Gasteiger partial charge in [0.25, 0.3) is 0 Å².